The summed E-state index contributed by atoms with van der Waals surface area (Å²) in [5, 5.41) is 1.24. The molecule has 17 heavy (non-hydrogen) atoms. The van der Waals surface area contributed by atoms with Gasteiger partial charge in [0.15, 0.2) is 0 Å². The number of nitrogens with zero attached hydrogens (tertiary/aromatic N) is 2. The van der Waals surface area contributed by atoms with Gasteiger partial charge >= 0.3 is 0 Å². The van der Waals surface area contributed by atoms with Gasteiger partial charge in [0.05, 0.1) is 27.1 Å². The van der Waals surface area contributed by atoms with Crippen molar-refractivity contribution in [3.63, 3.8) is 0 Å². The van der Waals surface area contributed by atoms with Crippen molar-refractivity contribution in [3.8, 4) is 5.69 Å². The second kappa shape index (κ2) is 4.20. The van der Waals surface area contributed by atoms with Crippen LogP contribution in [0.2, 0.25) is 0 Å². The molecule has 2 aromatic rings. The minimum absolute atomic E-state index is 0.851. The monoisotopic (exact) mass is 260 g/mol. The Labute approximate surface area is 110 Å². The van der Waals surface area contributed by atoms with Crippen molar-refractivity contribution >= 4 is 34.7 Å². The van der Waals surface area contributed by atoms with Gasteiger partial charge in [-0.25, -0.2) is 0 Å². The number of benzene rings is 1. The summed E-state index contributed by atoms with van der Waals surface area (Å²) in [6, 6.07) is 12.6. The van der Waals surface area contributed by atoms with Crippen molar-refractivity contribution in [2.24, 2.45) is 0 Å². The Morgan fingerprint density at radius 1 is 1.12 bits per heavy atom. The van der Waals surface area contributed by atoms with Crippen LogP contribution in [0.5, 0.6) is 0 Å². The number of hydrogen-bond donors (Lipinski definition) is 0. The lowest BCUT2D eigenvalue weighted by Crippen LogP contribution is -2.28. The quantitative estimate of drug-likeness (QED) is 0.672. The molecule has 0 bridgehead atoms. The summed E-state index contributed by atoms with van der Waals surface area (Å²) in [6.45, 7) is 0. The molecule has 2 nitrogen and oxygen atoms in total. The molecule has 0 spiro atoms. The number of anilines is 1. The van der Waals surface area contributed by atoms with Crippen LogP contribution in [0.15, 0.2) is 47.6 Å². The van der Waals surface area contributed by atoms with Gasteiger partial charge in [-0.2, -0.15) is 0 Å². The minimum Gasteiger partial charge on any atom is -0.337 e. The third-order valence-corrected chi connectivity index (χ3v) is 4.58. The van der Waals surface area contributed by atoms with Crippen LogP contribution in [0.25, 0.3) is 5.69 Å². The normalized spacial score (nSPS) is 14.9. The molecule has 0 aliphatic carbocycles. The average molecular weight is 260 g/mol. The molecule has 4 heteroatoms. The van der Waals surface area contributed by atoms with E-state index < -0.39 is 0 Å². The molecule has 1 aromatic heterocycles. The number of aromatic nitrogens is 1. The fourth-order valence-corrected chi connectivity index (χ4v) is 3.21. The minimum atomic E-state index is 0.851. The first-order valence-corrected chi connectivity index (χ1v) is 6.83. The van der Waals surface area contributed by atoms with Crippen LogP contribution in [-0.2, 0) is 0 Å². The molecular weight excluding hydrogens is 248 g/mol. The Bertz CT molecular complexity index is 574. The van der Waals surface area contributed by atoms with Crippen LogP contribution in [0.1, 0.15) is 0 Å². The Kier molecular flexibility index (Phi) is 2.68. The molecule has 0 radical (unpaired) electrons. The maximum absolute atomic E-state index is 5.45. The van der Waals surface area contributed by atoms with E-state index in [2.05, 4.69) is 52.1 Å². The van der Waals surface area contributed by atoms with Gasteiger partial charge in [0.2, 0.25) is 0 Å². The van der Waals surface area contributed by atoms with Gasteiger partial charge < -0.3 is 9.47 Å². The van der Waals surface area contributed by atoms with Crippen molar-refractivity contribution in [2.75, 3.05) is 17.7 Å². The topological polar surface area (TPSA) is 8.17 Å². The maximum atomic E-state index is 5.45. The molecule has 3 rings (SSSR count). The van der Waals surface area contributed by atoms with E-state index in [-0.39, 0.29) is 0 Å². The first-order chi connectivity index (χ1) is 8.27. The molecule has 1 aliphatic heterocycles. The number of para-hydroxylation sites is 2. The predicted molar refractivity (Wildman–Crippen MR) is 77.5 cm³/mol. The molecule has 86 valence electrons. The van der Waals surface area contributed by atoms with Gasteiger partial charge in [-0.1, -0.05) is 24.4 Å². The third kappa shape index (κ3) is 1.77. The second-order valence-corrected chi connectivity index (χ2v) is 5.41. The molecular formula is C13H12N2S2. The molecule has 1 aromatic carbocycles. The van der Waals surface area contributed by atoms with Crippen molar-refractivity contribution < 1.29 is 0 Å². The first-order valence-electron chi connectivity index (χ1n) is 5.43. The Morgan fingerprint density at radius 3 is 2.71 bits per heavy atom. The van der Waals surface area contributed by atoms with E-state index in [9.17, 15) is 0 Å². The van der Waals surface area contributed by atoms with Gasteiger partial charge in [0, 0.05) is 13.2 Å². The molecule has 0 amide bonds. The van der Waals surface area contributed by atoms with Crippen molar-refractivity contribution in [1.82, 2.24) is 4.57 Å². The van der Waals surface area contributed by atoms with E-state index in [0.29, 0.717) is 0 Å². The Balaban J connectivity index is 2.26. The lowest BCUT2D eigenvalue weighted by molar-refractivity contribution is 0.949. The fraction of sp³-hybridized carbons (Fsp3) is 0.154. The average Bonchev–Trinajstić information content (AvgIpc) is 2.81. The highest BCUT2D eigenvalue weighted by molar-refractivity contribution is 8.01. The van der Waals surface area contributed by atoms with E-state index in [1.54, 1.807) is 11.8 Å². The zero-order chi connectivity index (χ0) is 11.8. The van der Waals surface area contributed by atoms with Crippen molar-refractivity contribution in [3.05, 3.63) is 42.6 Å². The predicted octanol–water partition coefficient (Wildman–Crippen LogP) is 3.35. The van der Waals surface area contributed by atoms with Crippen LogP contribution in [0.4, 0.5) is 5.69 Å². The third-order valence-electron chi connectivity index (χ3n) is 2.93. The summed E-state index contributed by atoms with van der Waals surface area (Å²) in [5.41, 5.74) is 2.35. The van der Waals surface area contributed by atoms with Crippen LogP contribution in [0, 0.1) is 0 Å². The number of rotatable bonds is 0. The van der Waals surface area contributed by atoms with E-state index in [1.807, 2.05) is 7.05 Å². The van der Waals surface area contributed by atoms with Crippen LogP contribution >= 0.6 is 24.0 Å². The zero-order valence-electron chi connectivity index (χ0n) is 9.46. The second-order valence-electron chi connectivity index (χ2n) is 3.95. The van der Waals surface area contributed by atoms with E-state index in [4.69, 9.17) is 12.2 Å². The highest BCUT2D eigenvalue weighted by Gasteiger charge is 2.17. The summed E-state index contributed by atoms with van der Waals surface area (Å²) in [5.74, 6) is 0.851. The van der Waals surface area contributed by atoms with Gasteiger partial charge in [0.25, 0.3) is 0 Å². The molecule has 0 atom stereocenters. The fourth-order valence-electron chi connectivity index (χ4n) is 2.00. The zero-order valence-corrected chi connectivity index (χ0v) is 11.1. The van der Waals surface area contributed by atoms with Gasteiger partial charge in [-0.05, 0) is 24.3 Å². The van der Waals surface area contributed by atoms with Crippen LogP contribution < -0.4 is 4.90 Å². The van der Waals surface area contributed by atoms with Gasteiger partial charge in [0.1, 0.15) is 0 Å². The van der Waals surface area contributed by atoms with Crippen molar-refractivity contribution in [2.45, 2.75) is 5.03 Å². The number of thioether (sulfide) groups is 1. The molecule has 0 unspecified atom stereocenters. The highest BCUT2D eigenvalue weighted by atomic mass is 32.2. The number of thiocarbonyl (C=S) groups is 1. The summed E-state index contributed by atoms with van der Waals surface area (Å²) < 4.78 is 2.22. The van der Waals surface area contributed by atoms with Gasteiger partial charge in [-0.15, -0.1) is 11.8 Å². The largest absolute Gasteiger partial charge is 0.337 e. The van der Waals surface area contributed by atoms with Crippen molar-refractivity contribution in [1.29, 1.82) is 0 Å². The van der Waals surface area contributed by atoms with E-state index in [1.165, 1.54) is 10.7 Å². The van der Waals surface area contributed by atoms with E-state index >= 15 is 0 Å². The number of fused-ring (bicyclic) bond motifs is 3. The summed E-state index contributed by atoms with van der Waals surface area (Å²) in [6.07, 6.45) is 2.10. The van der Waals surface area contributed by atoms with Crippen LogP contribution in [0.3, 0.4) is 0 Å². The summed E-state index contributed by atoms with van der Waals surface area (Å²) >= 11 is 7.24. The summed E-state index contributed by atoms with van der Waals surface area (Å²) in [4.78, 5) is 3.07. The molecule has 0 saturated carbocycles. The lowest BCUT2D eigenvalue weighted by atomic mass is 10.2. The first kappa shape index (κ1) is 10.9. The Morgan fingerprint density at radius 2 is 1.88 bits per heavy atom. The lowest BCUT2D eigenvalue weighted by Gasteiger charge is -2.26. The highest BCUT2D eigenvalue weighted by Crippen LogP contribution is 2.32. The standard InChI is InChI=1S/C13H12N2S2/c1-14-10-5-2-3-6-11(10)15-8-4-7-13(15)17-9-12(14)16/h2-8H,9H2,1H3. The molecule has 2 heterocycles. The molecule has 0 saturated heterocycles. The summed E-state index contributed by atoms with van der Waals surface area (Å²) in [7, 11) is 2.04. The molecule has 0 N–H and O–H groups in total. The smallest absolute Gasteiger partial charge is 0.0926 e. The van der Waals surface area contributed by atoms with Crippen LogP contribution in [-0.4, -0.2) is 22.4 Å². The maximum Gasteiger partial charge on any atom is 0.0926 e. The Hall–Kier alpha value is -1.26. The number of hydrogen-bond acceptors (Lipinski definition) is 2. The molecule has 0 fully saturated rings. The van der Waals surface area contributed by atoms with Gasteiger partial charge in [-0.3, -0.25) is 0 Å². The van der Waals surface area contributed by atoms with E-state index in [0.717, 1.165) is 16.4 Å². The SMILES string of the molecule is CN1C(=S)CSc2cccn2-c2ccccc21. The molecule has 1 aliphatic rings.